The van der Waals surface area contributed by atoms with Gasteiger partial charge >= 0.3 is 0 Å². The molecule has 0 spiro atoms. The van der Waals surface area contributed by atoms with Gasteiger partial charge < -0.3 is 5.11 Å². The summed E-state index contributed by atoms with van der Waals surface area (Å²) in [6, 6.07) is 5.09. The van der Waals surface area contributed by atoms with E-state index in [2.05, 4.69) is 13.8 Å². The van der Waals surface area contributed by atoms with Crippen molar-refractivity contribution in [3.05, 3.63) is 29.3 Å². The highest BCUT2D eigenvalue weighted by Crippen LogP contribution is 2.29. The SMILES string of the molecule is Cc1ccc(CO)cc1S(=O)(=O)N1CC(C)C(C)C1. The number of sulfonamides is 1. The molecular formula is C14H21NO3S. The van der Waals surface area contributed by atoms with E-state index >= 15 is 0 Å². The number of aliphatic hydroxyl groups excluding tert-OH is 1. The summed E-state index contributed by atoms with van der Waals surface area (Å²) in [5.41, 5.74) is 1.36. The van der Waals surface area contributed by atoms with Gasteiger partial charge in [0.25, 0.3) is 0 Å². The van der Waals surface area contributed by atoms with E-state index in [1.807, 2.05) is 0 Å². The lowest BCUT2D eigenvalue weighted by Gasteiger charge is -2.18. The predicted molar refractivity (Wildman–Crippen MR) is 74.2 cm³/mol. The van der Waals surface area contributed by atoms with E-state index in [4.69, 9.17) is 5.11 Å². The number of aliphatic hydroxyl groups is 1. The van der Waals surface area contributed by atoms with Crippen molar-refractivity contribution in [3.8, 4) is 0 Å². The summed E-state index contributed by atoms with van der Waals surface area (Å²) in [6.45, 7) is 6.96. The van der Waals surface area contributed by atoms with Gasteiger partial charge in [0.05, 0.1) is 11.5 Å². The maximum Gasteiger partial charge on any atom is 0.243 e. The van der Waals surface area contributed by atoms with E-state index in [-0.39, 0.29) is 6.61 Å². The molecule has 1 aromatic carbocycles. The monoisotopic (exact) mass is 283 g/mol. The van der Waals surface area contributed by atoms with Crippen LogP contribution in [0.5, 0.6) is 0 Å². The molecule has 0 aliphatic carbocycles. The number of rotatable bonds is 3. The fourth-order valence-electron chi connectivity index (χ4n) is 2.43. The summed E-state index contributed by atoms with van der Waals surface area (Å²) in [7, 11) is -3.45. The second-order valence-electron chi connectivity index (χ2n) is 5.53. The zero-order chi connectivity index (χ0) is 14.2. The molecule has 19 heavy (non-hydrogen) atoms. The minimum atomic E-state index is -3.45. The summed E-state index contributed by atoms with van der Waals surface area (Å²) in [4.78, 5) is 0.320. The molecule has 0 saturated carbocycles. The molecule has 1 N–H and O–H groups in total. The fourth-order valence-corrected chi connectivity index (χ4v) is 4.35. The largest absolute Gasteiger partial charge is 0.392 e. The van der Waals surface area contributed by atoms with Gasteiger partial charge in [-0.25, -0.2) is 8.42 Å². The quantitative estimate of drug-likeness (QED) is 0.919. The highest BCUT2D eigenvalue weighted by molar-refractivity contribution is 7.89. The standard InChI is InChI=1S/C14H21NO3S/c1-10-4-5-13(9-16)6-14(10)19(17,18)15-7-11(2)12(3)8-15/h4-6,11-12,16H,7-9H2,1-3H3. The molecule has 0 amide bonds. The van der Waals surface area contributed by atoms with Gasteiger partial charge in [-0.1, -0.05) is 26.0 Å². The number of aryl methyl sites for hydroxylation is 1. The molecule has 2 rings (SSSR count). The van der Waals surface area contributed by atoms with Gasteiger partial charge in [0.1, 0.15) is 0 Å². The van der Waals surface area contributed by atoms with Gasteiger partial charge in [-0.15, -0.1) is 0 Å². The lowest BCUT2D eigenvalue weighted by atomic mass is 10.0. The third-order valence-corrected chi connectivity index (χ3v) is 5.98. The van der Waals surface area contributed by atoms with Crippen molar-refractivity contribution in [1.29, 1.82) is 0 Å². The first kappa shape index (κ1) is 14.5. The maximum atomic E-state index is 12.7. The summed E-state index contributed by atoms with van der Waals surface area (Å²) in [5.74, 6) is 0.771. The zero-order valence-corrected chi connectivity index (χ0v) is 12.4. The Morgan fingerprint density at radius 2 is 1.84 bits per heavy atom. The Labute approximate surface area is 115 Å². The summed E-state index contributed by atoms with van der Waals surface area (Å²) >= 11 is 0. The minimum absolute atomic E-state index is 0.143. The van der Waals surface area contributed by atoms with E-state index in [1.165, 1.54) is 0 Å². The molecule has 1 fully saturated rings. The Hall–Kier alpha value is -0.910. The second kappa shape index (κ2) is 5.23. The third kappa shape index (κ3) is 2.68. The van der Waals surface area contributed by atoms with Gasteiger partial charge in [0, 0.05) is 13.1 Å². The van der Waals surface area contributed by atoms with Crippen molar-refractivity contribution in [2.45, 2.75) is 32.3 Å². The number of benzene rings is 1. The van der Waals surface area contributed by atoms with Crippen LogP contribution >= 0.6 is 0 Å². The van der Waals surface area contributed by atoms with E-state index < -0.39 is 10.0 Å². The van der Waals surface area contributed by atoms with Crippen LogP contribution in [-0.2, 0) is 16.6 Å². The first-order chi connectivity index (χ1) is 8.86. The van der Waals surface area contributed by atoms with Crippen LogP contribution in [0, 0.1) is 18.8 Å². The van der Waals surface area contributed by atoms with Crippen LogP contribution in [0.4, 0.5) is 0 Å². The van der Waals surface area contributed by atoms with Crippen molar-refractivity contribution < 1.29 is 13.5 Å². The van der Waals surface area contributed by atoms with Crippen LogP contribution in [-0.4, -0.2) is 30.9 Å². The van der Waals surface area contributed by atoms with Crippen molar-refractivity contribution in [3.63, 3.8) is 0 Å². The molecule has 2 atom stereocenters. The minimum Gasteiger partial charge on any atom is -0.392 e. The normalized spacial score (nSPS) is 24.8. The van der Waals surface area contributed by atoms with E-state index in [1.54, 1.807) is 29.4 Å². The smallest absolute Gasteiger partial charge is 0.243 e. The lowest BCUT2D eigenvalue weighted by molar-refractivity contribution is 0.281. The zero-order valence-electron chi connectivity index (χ0n) is 11.6. The second-order valence-corrected chi connectivity index (χ2v) is 7.44. The molecule has 1 aliphatic rings. The van der Waals surface area contributed by atoms with Gasteiger partial charge in [0.15, 0.2) is 0 Å². The van der Waals surface area contributed by atoms with Crippen molar-refractivity contribution in [2.75, 3.05) is 13.1 Å². The van der Waals surface area contributed by atoms with Crippen molar-refractivity contribution in [1.82, 2.24) is 4.31 Å². The maximum absolute atomic E-state index is 12.7. The Balaban J connectivity index is 2.40. The van der Waals surface area contributed by atoms with E-state index in [0.29, 0.717) is 35.4 Å². The molecular weight excluding hydrogens is 262 g/mol. The third-order valence-electron chi connectivity index (χ3n) is 4.01. The van der Waals surface area contributed by atoms with Crippen LogP contribution in [0.25, 0.3) is 0 Å². The number of hydrogen-bond acceptors (Lipinski definition) is 3. The van der Waals surface area contributed by atoms with Gasteiger partial charge in [-0.05, 0) is 36.0 Å². The van der Waals surface area contributed by atoms with Crippen LogP contribution in [0.1, 0.15) is 25.0 Å². The number of nitrogens with zero attached hydrogens (tertiary/aromatic N) is 1. The molecule has 5 heteroatoms. The molecule has 0 aromatic heterocycles. The first-order valence-corrected chi connectivity index (χ1v) is 8.00. The molecule has 1 aromatic rings. The molecule has 106 valence electrons. The van der Waals surface area contributed by atoms with Crippen LogP contribution in [0.15, 0.2) is 23.1 Å². The topological polar surface area (TPSA) is 57.6 Å². The Kier molecular flexibility index (Phi) is 3.99. The van der Waals surface area contributed by atoms with E-state index in [9.17, 15) is 8.42 Å². The molecule has 2 unspecified atom stereocenters. The molecule has 0 bridgehead atoms. The van der Waals surface area contributed by atoms with Crippen molar-refractivity contribution in [2.24, 2.45) is 11.8 Å². The average Bonchev–Trinajstić information content (AvgIpc) is 2.71. The van der Waals surface area contributed by atoms with Crippen molar-refractivity contribution >= 4 is 10.0 Å². The lowest BCUT2D eigenvalue weighted by Crippen LogP contribution is -2.29. The summed E-state index contributed by atoms with van der Waals surface area (Å²) in [5, 5.41) is 9.16. The molecule has 1 heterocycles. The Morgan fingerprint density at radius 3 is 2.37 bits per heavy atom. The molecule has 0 radical (unpaired) electrons. The van der Waals surface area contributed by atoms with Gasteiger partial charge in [-0.2, -0.15) is 4.31 Å². The predicted octanol–water partition coefficient (Wildman–Crippen LogP) is 1.76. The van der Waals surface area contributed by atoms with Crippen LogP contribution in [0.2, 0.25) is 0 Å². The van der Waals surface area contributed by atoms with Crippen LogP contribution < -0.4 is 0 Å². The first-order valence-electron chi connectivity index (χ1n) is 6.56. The summed E-state index contributed by atoms with van der Waals surface area (Å²) < 4.78 is 26.9. The van der Waals surface area contributed by atoms with Gasteiger partial charge in [0.2, 0.25) is 10.0 Å². The highest BCUT2D eigenvalue weighted by atomic mass is 32.2. The average molecular weight is 283 g/mol. The Morgan fingerprint density at radius 1 is 1.26 bits per heavy atom. The van der Waals surface area contributed by atoms with E-state index in [0.717, 1.165) is 5.56 Å². The summed E-state index contributed by atoms with van der Waals surface area (Å²) in [6.07, 6.45) is 0. The van der Waals surface area contributed by atoms with Crippen LogP contribution in [0.3, 0.4) is 0 Å². The highest BCUT2D eigenvalue weighted by Gasteiger charge is 2.35. The fraction of sp³-hybridized carbons (Fsp3) is 0.571. The molecule has 1 aliphatic heterocycles. The molecule has 4 nitrogen and oxygen atoms in total. The molecule has 1 saturated heterocycles. The van der Waals surface area contributed by atoms with Gasteiger partial charge in [-0.3, -0.25) is 0 Å². The number of hydrogen-bond donors (Lipinski definition) is 1. The Bertz CT molecular complexity index is 558.